The molecule has 0 heterocycles. The van der Waals surface area contributed by atoms with E-state index < -0.39 is 11.7 Å². The van der Waals surface area contributed by atoms with Gasteiger partial charge < -0.3 is 10.5 Å². The molecule has 0 radical (unpaired) electrons. The summed E-state index contributed by atoms with van der Waals surface area (Å²) >= 11 is 0. The average Bonchev–Trinajstić information content (AvgIpc) is 2.15. The van der Waals surface area contributed by atoms with E-state index in [1.807, 2.05) is 45.0 Å². The molecule has 0 spiro atoms. The van der Waals surface area contributed by atoms with E-state index in [0.717, 1.165) is 11.3 Å². The molecule has 0 atom stereocenters. The van der Waals surface area contributed by atoms with E-state index in [0.29, 0.717) is 6.54 Å². The second kappa shape index (κ2) is 4.99. The van der Waals surface area contributed by atoms with E-state index in [4.69, 9.17) is 4.74 Å². The highest BCUT2D eigenvalue weighted by atomic mass is 16.6. The molecule has 0 saturated carbocycles. The Balaban J connectivity index is 2.62. The lowest BCUT2D eigenvalue weighted by Crippen LogP contribution is -2.47. The molecule has 1 aromatic carbocycles. The zero-order valence-corrected chi connectivity index (χ0v) is 10.0. The van der Waals surface area contributed by atoms with E-state index in [2.05, 4.69) is 11.1 Å². The second-order valence-electron chi connectivity index (χ2n) is 4.58. The van der Waals surface area contributed by atoms with Crippen LogP contribution in [0.5, 0.6) is 0 Å². The highest BCUT2D eigenvalue weighted by Crippen LogP contribution is 2.13. The van der Waals surface area contributed by atoms with E-state index in [-0.39, 0.29) is 0 Å². The van der Waals surface area contributed by atoms with E-state index in [1.165, 1.54) is 0 Å². The molecule has 0 fully saturated rings. The van der Waals surface area contributed by atoms with Crippen molar-refractivity contribution in [1.29, 1.82) is 0 Å². The van der Waals surface area contributed by atoms with Crippen LogP contribution in [0, 0.1) is 0 Å². The monoisotopic (exact) mass is 223 g/mol. The van der Waals surface area contributed by atoms with Crippen molar-refractivity contribution in [2.45, 2.75) is 32.9 Å². The normalized spacial score (nSPS) is 11.0. The van der Waals surface area contributed by atoms with Crippen molar-refractivity contribution >= 4 is 11.8 Å². The first-order chi connectivity index (χ1) is 7.40. The Morgan fingerprint density at radius 1 is 1.44 bits per heavy atom. The maximum Gasteiger partial charge on any atom is 0.412 e. The van der Waals surface area contributed by atoms with Gasteiger partial charge in [0.15, 0.2) is 0 Å². The van der Waals surface area contributed by atoms with Crippen LogP contribution in [0.25, 0.3) is 0 Å². The Kier molecular flexibility index (Phi) is 3.90. The number of hydrogen-bond acceptors (Lipinski definition) is 2. The van der Waals surface area contributed by atoms with Crippen LogP contribution in [0.3, 0.4) is 0 Å². The van der Waals surface area contributed by atoms with Gasteiger partial charge in [0, 0.05) is 11.3 Å². The van der Waals surface area contributed by atoms with Crippen LogP contribution < -0.4 is 11.1 Å². The molecule has 1 aromatic rings. The molecule has 4 N–H and O–H groups in total. The third-order valence-corrected chi connectivity index (χ3v) is 1.86. The molecule has 4 heteroatoms. The van der Waals surface area contributed by atoms with E-state index in [1.54, 1.807) is 0 Å². The Hall–Kier alpha value is -1.55. The molecule has 16 heavy (non-hydrogen) atoms. The van der Waals surface area contributed by atoms with Crippen molar-refractivity contribution in [2.75, 3.05) is 5.32 Å². The number of nitrogens with one attached hydrogen (secondary N) is 1. The van der Waals surface area contributed by atoms with Crippen molar-refractivity contribution in [3.05, 3.63) is 29.8 Å². The fraction of sp³-hybridized carbons (Fsp3) is 0.417. The molecule has 0 unspecified atom stereocenters. The van der Waals surface area contributed by atoms with Gasteiger partial charge in [-0.15, -0.1) is 0 Å². The largest absolute Gasteiger partial charge is 0.444 e. The topological polar surface area (TPSA) is 66.0 Å². The minimum Gasteiger partial charge on any atom is -0.444 e. The van der Waals surface area contributed by atoms with E-state index >= 15 is 0 Å². The molecule has 0 aliphatic carbocycles. The fourth-order valence-electron chi connectivity index (χ4n) is 1.23. The summed E-state index contributed by atoms with van der Waals surface area (Å²) in [7, 11) is 0. The van der Waals surface area contributed by atoms with Crippen LogP contribution in [0.2, 0.25) is 0 Å². The Morgan fingerprint density at radius 2 is 2.12 bits per heavy atom. The zero-order valence-electron chi connectivity index (χ0n) is 10.0. The zero-order chi connectivity index (χ0) is 12.2. The molecule has 0 saturated heterocycles. The summed E-state index contributed by atoms with van der Waals surface area (Å²) in [6, 6.07) is 7.56. The molecule has 0 bridgehead atoms. The third kappa shape index (κ3) is 4.31. The van der Waals surface area contributed by atoms with Crippen LogP contribution in [-0.2, 0) is 11.3 Å². The first-order valence-corrected chi connectivity index (χ1v) is 5.29. The summed E-state index contributed by atoms with van der Waals surface area (Å²) in [6.45, 7) is 6.20. The van der Waals surface area contributed by atoms with Crippen LogP contribution in [0.15, 0.2) is 24.3 Å². The van der Waals surface area contributed by atoms with Gasteiger partial charge in [0.25, 0.3) is 0 Å². The lowest BCUT2D eigenvalue weighted by Gasteiger charge is -2.19. The van der Waals surface area contributed by atoms with Crippen LogP contribution in [0.4, 0.5) is 10.5 Å². The van der Waals surface area contributed by atoms with Gasteiger partial charge in [-0.25, -0.2) is 4.79 Å². The fourth-order valence-corrected chi connectivity index (χ4v) is 1.23. The number of carbonyl (C=O) groups is 1. The summed E-state index contributed by atoms with van der Waals surface area (Å²) in [5, 5.41) is 2.68. The minimum absolute atomic E-state index is 0.436. The average molecular weight is 223 g/mol. The number of hydrogen-bond donors (Lipinski definition) is 2. The van der Waals surface area contributed by atoms with Gasteiger partial charge in [0.2, 0.25) is 0 Å². The first kappa shape index (κ1) is 12.5. The van der Waals surface area contributed by atoms with Gasteiger partial charge in [0.05, 0.1) is 6.54 Å². The molecule has 1 amide bonds. The highest BCUT2D eigenvalue weighted by molar-refractivity contribution is 5.84. The number of anilines is 1. The van der Waals surface area contributed by atoms with Gasteiger partial charge in [-0.1, -0.05) is 12.1 Å². The standard InChI is InChI=1S/C12H18N2O2/c1-12(2,3)16-11(15)14-10-6-4-5-9(7-10)8-13/h4-7H,8,13H2,1-3H3,(H,14,15)/p+1. The van der Waals surface area contributed by atoms with Crippen molar-refractivity contribution in [3.63, 3.8) is 0 Å². The van der Waals surface area contributed by atoms with Crippen LogP contribution >= 0.6 is 0 Å². The quantitative estimate of drug-likeness (QED) is 0.802. The van der Waals surface area contributed by atoms with E-state index in [9.17, 15) is 4.79 Å². The van der Waals surface area contributed by atoms with Crippen molar-refractivity contribution in [3.8, 4) is 0 Å². The van der Waals surface area contributed by atoms with Gasteiger partial charge in [0.1, 0.15) is 5.60 Å². The second-order valence-corrected chi connectivity index (χ2v) is 4.58. The van der Waals surface area contributed by atoms with Gasteiger partial charge in [-0.3, -0.25) is 5.32 Å². The summed E-state index contributed by atoms with van der Waals surface area (Å²) < 4.78 is 5.15. The van der Waals surface area contributed by atoms with Crippen molar-refractivity contribution in [2.24, 2.45) is 0 Å². The molecule has 0 aliphatic heterocycles. The lowest BCUT2D eigenvalue weighted by molar-refractivity contribution is -0.386. The van der Waals surface area contributed by atoms with Gasteiger partial charge in [-0.05, 0) is 32.9 Å². The Labute approximate surface area is 95.8 Å². The summed E-state index contributed by atoms with van der Waals surface area (Å²) in [5.74, 6) is 0. The van der Waals surface area contributed by atoms with Crippen LogP contribution in [-0.4, -0.2) is 11.7 Å². The number of ether oxygens (including phenoxy) is 1. The Bertz CT molecular complexity index is 370. The van der Waals surface area contributed by atoms with Gasteiger partial charge in [-0.2, -0.15) is 0 Å². The summed E-state index contributed by atoms with van der Waals surface area (Å²) in [4.78, 5) is 11.5. The smallest absolute Gasteiger partial charge is 0.412 e. The molecule has 4 nitrogen and oxygen atoms in total. The highest BCUT2D eigenvalue weighted by Gasteiger charge is 2.16. The molecule has 0 aromatic heterocycles. The molecule has 1 rings (SSSR count). The number of amides is 1. The minimum atomic E-state index is -0.478. The maximum absolute atomic E-state index is 11.5. The van der Waals surface area contributed by atoms with Gasteiger partial charge >= 0.3 is 6.09 Å². The predicted molar refractivity (Wildman–Crippen MR) is 62.9 cm³/mol. The summed E-state index contributed by atoms with van der Waals surface area (Å²) in [5.41, 5.74) is 5.12. The first-order valence-electron chi connectivity index (χ1n) is 5.29. The SMILES string of the molecule is CC(C)(C)OC(=O)Nc1cccc(C[NH3+])c1. The summed E-state index contributed by atoms with van der Waals surface area (Å²) in [6.07, 6.45) is -0.436. The van der Waals surface area contributed by atoms with Crippen LogP contribution in [0.1, 0.15) is 26.3 Å². The third-order valence-electron chi connectivity index (χ3n) is 1.86. The predicted octanol–water partition coefficient (Wildman–Crippen LogP) is 1.78. The number of rotatable bonds is 2. The number of carbonyl (C=O) groups excluding carboxylic acids is 1. The lowest BCUT2D eigenvalue weighted by atomic mass is 10.2. The molecule has 88 valence electrons. The molecule has 0 aliphatic rings. The molecular weight excluding hydrogens is 204 g/mol. The number of quaternary nitrogens is 1. The van der Waals surface area contributed by atoms with Crippen molar-refractivity contribution < 1.29 is 15.3 Å². The van der Waals surface area contributed by atoms with Crippen molar-refractivity contribution in [1.82, 2.24) is 0 Å². The molecular formula is C12H19N2O2+. The maximum atomic E-state index is 11.5. The Morgan fingerprint density at radius 3 is 2.69 bits per heavy atom. The number of benzene rings is 1.